The van der Waals surface area contributed by atoms with E-state index < -0.39 is 5.67 Å². The van der Waals surface area contributed by atoms with Crippen molar-refractivity contribution < 1.29 is 8.91 Å². The van der Waals surface area contributed by atoms with Crippen LogP contribution in [0.15, 0.2) is 41.3 Å². The minimum absolute atomic E-state index is 0.0366. The van der Waals surface area contributed by atoms with Gasteiger partial charge >= 0.3 is 0 Å². The Hall–Kier alpha value is -2.67. The molecule has 0 saturated carbocycles. The number of alkyl halides is 1. The van der Waals surface area contributed by atoms with Gasteiger partial charge in [-0.3, -0.25) is 9.88 Å². The van der Waals surface area contributed by atoms with Crippen molar-refractivity contribution >= 4 is 0 Å². The predicted molar refractivity (Wildman–Crippen MR) is 98.5 cm³/mol. The van der Waals surface area contributed by atoms with E-state index in [1.165, 1.54) is 22.9 Å². The fourth-order valence-electron chi connectivity index (χ4n) is 3.42. The lowest BCUT2D eigenvalue weighted by atomic mass is 9.92. The minimum Gasteiger partial charge on any atom is -0.335 e. The lowest BCUT2D eigenvalue weighted by Gasteiger charge is -2.34. The molecule has 7 heteroatoms. The van der Waals surface area contributed by atoms with Crippen LogP contribution >= 0.6 is 0 Å². The molecule has 1 aliphatic rings. The van der Waals surface area contributed by atoms with E-state index >= 15 is 4.39 Å². The first-order chi connectivity index (χ1) is 13.0. The molecule has 0 N–H and O–H groups in total. The molecule has 0 unspecified atom stereocenters. The largest absolute Gasteiger partial charge is 0.335 e. The van der Waals surface area contributed by atoms with Gasteiger partial charge in [0, 0.05) is 44.9 Å². The number of likely N-dealkylation sites (tertiary alicyclic amines) is 1. The van der Waals surface area contributed by atoms with Gasteiger partial charge in [0.25, 0.3) is 5.89 Å². The Morgan fingerprint density at radius 1 is 1.19 bits per heavy atom. The van der Waals surface area contributed by atoms with Gasteiger partial charge in [0.15, 0.2) is 5.67 Å². The molecule has 6 nitrogen and oxygen atoms in total. The van der Waals surface area contributed by atoms with Crippen molar-refractivity contribution in [3.63, 3.8) is 0 Å². The molecule has 1 aromatic carbocycles. The van der Waals surface area contributed by atoms with Gasteiger partial charge in [-0.1, -0.05) is 28.9 Å². The first-order valence-corrected chi connectivity index (χ1v) is 9.11. The maximum absolute atomic E-state index is 15.4. The number of hydrogen-bond acceptors (Lipinski definition) is 6. The zero-order chi connectivity index (χ0) is 18.9. The molecule has 0 bridgehead atoms. The van der Waals surface area contributed by atoms with Crippen molar-refractivity contribution in [3.8, 4) is 11.5 Å². The number of halogens is 1. The number of benzene rings is 1. The van der Waals surface area contributed by atoms with E-state index in [0.29, 0.717) is 31.6 Å². The molecular formula is C20H22FN5O. The molecule has 27 heavy (non-hydrogen) atoms. The number of aryl methyl sites for hydroxylation is 2. The Balaban J connectivity index is 1.43. The summed E-state index contributed by atoms with van der Waals surface area (Å²) in [6.07, 6.45) is 5.31. The number of piperidine rings is 1. The molecule has 1 fully saturated rings. The highest BCUT2D eigenvalue weighted by atomic mass is 19.1. The maximum atomic E-state index is 15.4. The number of aromatic nitrogens is 4. The lowest BCUT2D eigenvalue weighted by molar-refractivity contribution is 0.0249. The fourth-order valence-corrected chi connectivity index (χ4v) is 3.42. The molecule has 0 amide bonds. The normalized spacial score (nSPS) is 17.1. The van der Waals surface area contributed by atoms with Crippen LogP contribution in [0.4, 0.5) is 4.39 Å². The topological polar surface area (TPSA) is 67.9 Å². The van der Waals surface area contributed by atoms with Crippen LogP contribution in [0.25, 0.3) is 11.5 Å². The Morgan fingerprint density at radius 2 is 2.00 bits per heavy atom. The summed E-state index contributed by atoms with van der Waals surface area (Å²) in [5.74, 6) is 0.308. The van der Waals surface area contributed by atoms with E-state index in [-0.39, 0.29) is 11.7 Å². The van der Waals surface area contributed by atoms with Gasteiger partial charge in [-0.15, -0.1) is 0 Å². The van der Waals surface area contributed by atoms with Gasteiger partial charge in [0.1, 0.15) is 5.69 Å². The van der Waals surface area contributed by atoms with E-state index in [0.717, 1.165) is 6.54 Å². The van der Waals surface area contributed by atoms with Gasteiger partial charge in [0.2, 0.25) is 5.82 Å². The summed E-state index contributed by atoms with van der Waals surface area (Å²) in [5, 5.41) is 3.87. The van der Waals surface area contributed by atoms with Crippen LogP contribution in [0, 0.1) is 13.8 Å². The van der Waals surface area contributed by atoms with E-state index in [1.807, 2.05) is 0 Å². The lowest BCUT2D eigenvalue weighted by Crippen LogP contribution is -2.40. The van der Waals surface area contributed by atoms with Crippen LogP contribution in [0.5, 0.6) is 0 Å². The summed E-state index contributed by atoms with van der Waals surface area (Å²) >= 11 is 0. The fraction of sp³-hybridized carbons (Fsp3) is 0.400. The molecule has 0 aliphatic carbocycles. The van der Waals surface area contributed by atoms with Crippen molar-refractivity contribution in [1.29, 1.82) is 0 Å². The highest BCUT2D eigenvalue weighted by Crippen LogP contribution is 2.37. The van der Waals surface area contributed by atoms with Crippen molar-refractivity contribution in [2.45, 2.75) is 38.9 Å². The summed E-state index contributed by atoms with van der Waals surface area (Å²) in [5.41, 5.74) is 2.69. The van der Waals surface area contributed by atoms with Gasteiger partial charge in [0.05, 0.1) is 6.20 Å². The molecule has 3 heterocycles. The average molecular weight is 367 g/mol. The SMILES string of the molecule is Cc1ccc(C)c(CN2CCC(F)(c3nc(-c4cnccn4)no3)CC2)c1. The Morgan fingerprint density at radius 3 is 2.74 bits per heavy atom. The second kappa shape index (κ2) is 7.15. The van der Waals surface area contributed by atoms with Gasteiger partial charge in [-0.05, 0) is 25.0 Å². The third-order valence-corrected chi connectivity index (χ3v) is 5.15. The van der Waals surface area contributed by atoms with E-state index in [4.69, 9.17) is 4.52 Å². The first kappa shape index (κ1) is 17.7. The average Bonchev–Trinajstić information content (AvgIpc) is 3.18. The third-order valence-electron chi connectivity index (χ3n) is 5.15. The highest BCUT2D eigenvalue weighted by molar-refractivity contribution is 5.45. The van der Waals surface area contributed by atoms with Crippen LogP contribution in [-0.2, 0) is 12.2 Å². The van der Waals surface area contributed by atoms with E-state index in [2.05, 4.69) is 57.1 Å². The maximum Gasteiger partial charge on any atom is 0.264 e. The Kier molecular flexibility index (Phi) is 4.70. The van der Waals surface area contributed by atoms with Crippen LogP contribution in [0.2, 0.25) is 0 Å². The van der Waals surface area contributed by atoms with E-state index in [1.54, 1.807) is 12.4 Å². The molecule has 0 radical (unpaired) electrons. The quantitative estimate of drug-likeness (QED) is 0.702. The van der Waals surface area contributed by atoms with Crippen molar-refractivity contribution in [2.24, 2.45) is 0 Å². The molecule has 4 rings (SSSR count). The molecular weight excluding hydrogens is 345 g/mol. The summed E-state index contributed by atoms with van der Waals surface area (Å²) in [7, 11) is 0. The van der Waals surface area contributed by atoms with Crippen molar-refractivity contribution in [1.82, 2.24) is 25.0 Å². The predicted octanol–water partition coefficient (Wildman–Crippen LogP) is 3.60. The van der Waals surface area contributed by atoms with Gasteiger partial charge in [-0.2, -0.15) is 4.98 Å². The summed E-state index contributed by atoms with van der Waals surface area (Å²) < 4.78 is 20.7. The molecule has 3 aromatic rings. The Bertz CT molecular complexity index is 919. The van der Waals surface area contributed by atoms with E-state index in [9.17, 15) is 0 Å². The number of hydrogen-bond donors (Lipinski definition) is 0. The van der Waals surface area contributed by atoms with Crippen LogP contribution in [0.3, 0.4) is 0 Å². The zero-order valence-corrected chi connectivity index (χ0v) is 15.5. The molecule has 1 aliphatic heterocycles. The monoisotopic (exact) mass is 367 g/mol. The molecule has 2 aromatic heterocycles. The standard InChI is InChI=1S/C20H22FN5O/c1-14-3-4-15(2)16(11-14)13-26-9-5-20(21,6-10-26)19-24-18(25-27-19)17-12-22-7-8-23-17/h3-4,7-8,11-12H,5-6,9-10,13H2,1-2H3. The second-order valence-electron chi connectivity index (χ2n) is 7.19. The van der Waals surface area contributed by atoms with Crippen LogP contribution in [-0.4, -0.2) is 38.1 Å². The zero-order valence-electron chi connectivity index (χ0n) is 15.5. The highest BCUT2D eigenvalue weighted by Gasteiger charge is 2.41. The summed E-state index contributed by atoms with van der Waals surface area (Å²) in [4.78, 5) is 14.6. The number of nitrogens with zero attached hydrogens (tertiary/aromatic N) is 5. The summed E-state index contributed by atoms with van der Waals surface area (Å²) in [6.45, 7) is 6.33. The second-order valence-corrected chi connectivity index (χ2v) is 7.19. The van der Waals surface area contributed by atoms with Gasteiger partial charge < -0.3 is 4.52 Å². The molecule has 0 spiro atoms. The number of rotatable bonds is 4. The molecule has 0 atom stereocenters. The third kappa shape index (κ3) is 3.73. The van der Waals surface area contributed by atoms with Crippen LogP contribution in [0.1, 0.15) is 35.4 Å². The first-order valence-electron chi connectivity index (χ1n) is 9.11. The molecule has 140 valence electrons. The smallest absolute Gasteiger partial charge is 0.264 e. The van der Waals surface area contributed by atoms with Gasteiger partial charge in [-0.25, -0.2) is 9.37 Å². The minimum atomic E-state index is -1.59. The van der Waals surface area contributed by atoms with Crippen molar-refractivity contribution in [2.75, 3.05) is 13.1 Å². The summed E-state index contributed by atoms with van der Waals surface area (Å²) in [6, 6.07) is 6.46. The van der Waals surface area contributed by atoms with Crippen molar-refractivity contribution in [3.05, 3.63) is 59.4 Å². The molecule has 1 saturated heterocycles. The van der Waals surface area contributed by atoms with Crippen LogP contribution < -0.4 is 0 Å². The Labute approximate surface area is 157 Å².